The van der Waals surface area contributed by atoms with Crippen LogP contribution in [0.4, 0.5) is 5.82 Å². The highest BCUT2D eigenvalue weighted by Crippen LogP contribution is 2.26. The Morgan fingerprint density at radius 1 is 0.950 bits per heavy atom. The van der Waals surface area contributed by atoms with Crippen molar-refractivity contribution in [1.29, 1.82) is 0 Å². The smallest absolute Gasteiger partial charge is 0.339 e. The van der Waals surface area contributed by atoms with Crippen molar-refractivity contribution in [2.24, 2.45) is 0 Å². The summed E-state index contributed by atoms with van der Waals surface area (Å²) in [7, 11) is 1.81. The van der Waals surface area contributed by atoms with Gasteiger partial charge in [-0.3, -0.25) is 9.36 Å². The molecule has 0 atom stereocenters. The van der Waals surface area contributed by atoms with Crippen molar-refractivity contribution < 1.29 is 9.53 Å². The van der Waals surface area contributed by atoms with Crippen LogP contribution >= 0.6 is 12.4 Å². The molecule has 11 heteroatoms. The summed E-state index contributed by atoms with van der Waals surface area (Å²) in [5, 5.41) is 5.79. The fraction of sp³-hybridized carbons (Fsp3) is 0.103. The molecule has 0 aliphatic heterocycles. The van der Waals surface area contributed by atoms with E-state index in [2.05, 4.69) is 20.6 Å². The van der Waals surface area contributed by atoms with E-state index in [9.17, 15) is 9.59 Å². The van der Waals surface area contributed by atoms with Crippen LogP contribution in [0.15, 0.2) is 102 Å². The maximum atomic E-state index is 13.8. The van der Waals surface area contributed by atoms with Crippen LogP contribution in [0.5, 0.6) is 11.5 Å². The van der Waals surface area contributed by atoms with Gasteiger partial charge in [0.25, 0.3) is 0 Å². The standard InChI is InChI=1S/C29H27N7O3.ClH/c1-31-16-6-11-25(37)32-18-20-7-5-8-22(17-20)36-28-26(27(30)33-19-34-28)35(29(36)38)21-12-14-24(15-13-21)39-23-9-3-2-4-10-23;/h2-15,17,19,31H,16,18H2,1H3,(H,32,37)(H2,30,33,34);1H/b11-6+;. The summed E-state index contributed by atoms with van der Waals surface area (Å²) >= 11 is 0. The number of benzene rings is 3. The van der Waals surface area contributed by atoms with Crippen molar-refractivity contribution >= 4 is 35.3 Å². The minimum atomic E-state index is -0.356. The fourth-order valence-corrected chi connectivity index (χ4v) is 4.14. The summed E-state index contributed by atoms with van der Waals surface area (Å²) in [5.74, 6) is 1.31. The maximum Gasteiger partial charge on any atom is 0.339 e. The number of aromatic nitrogens is 4. The topological polar surface area (TPSA) is 129 Å². The monoisotopic (exact) mass is 557 g/mol. The third kappa shape index (κ3) is 6.04. The van der Waals surface area contributed by atoms with Crippen molar-refractivity contribution in [3.05, 3.63) is 113 Å². The van der Waals surface area contributed by atoms with Crippen LogP contribution in [0.3, 0.4) is 0 Å². The molecule has 1 amide bonds. The second-order valence-electron chi connectivity index (χ2n) is 8.64. The van der Waals surface area contributed by atoms with Gasteiger partial charge in [-0.05, 0) is 61.1 Å². The zero-order valence-corrected chi connectivity index (χ0v) is 22.5. The summed E-state index contributed by atoms with van der Waals surface area (Å²) < 4.78 is 8.86. The van der Waals surface area contributed by atoms with E-state index in [1.54, 1.807) is 43.5 Å². The molecule has 0 fully saturated rings. The number of nitrogens with one attached hydrogen (secondary N) is 2. The Morgan fingerprint density at radius 2 is 1.70 bits per heavy atom. The number of nitrogens with two attached hydrogens (primary N) is 1. The van der Waals surface area contributed by atoms with Gasteiger partial charge in [-0.2, -0.15) is 0 Å². The van der Waals surface area contributed by atoms with Gasteiger partial charge in [0, 0.05) is 19.2 Å². The van der Waals surface area contributed by atoms with E-state index in [0.29, 0.717) is 47.1 Å². The predicted molar refractivity (Wildman–Crippen MR) is 158 cm³/mol. The minimum Gasteiger partial charge on any atom is -0.457 e. The SMILES string of the molecule is CNC/C=C/C(=O)NCc1cccc(-n2c(=O)n(-c3ccc(Oc4ccccc4)cc3)c3c(N)ncnc32)c1.Cl. The number of carbonyl (C=O) groups is 1. The normalized spacial score (nSPS) is 10.9. The zero-order chi connectivity index (χ0) is 27.2. The van der Waals surface area contributed by atoms with E-state index in [-0.39, 0.29) is 29.8 Å². The Morgan fingerprint density at radius 3 is 2.45 bits per heavy atom. The number of amides is 1. The van der Waals surface area contributed by atoms with Crippen molar-refractivity contribution in [3.63, 3.8) is 0 Å². The number of nitrogens with zero attached hydrogens (tertiary/aromatic N) is 4. The summed E-state index contributed by atoms with van der Waals surface area (Å²) in [5.41, 5.74) is 8.64. The van der Waals surface area contributed by atoms with Crippen LogP contribution in [0.25, 0.3) is 22.5 Å². The number of likely N-dealkylation sites (N-methyl/N-ethyl adjacent to an activating group) is 1. The van der Waals surface area contributed by atoms with Crippen molar-refractivity contribution in [2.45, 2.75) is 6.54 Å². The lowest BCUT2D eigenvalue weighted by Crippen LogP contribution is -2.23. The number of ether oxygens (including phenoxy) is 1. The van der Waals surface area contributed by atoms with E-state index >= 15 is 0 Å². The second kappa shape index (κ2) is 12.7. The third-order valence-electron chi connectivity index (χ3n) is 5.95. The van der Waals surface area contributed by atoms with Crippen LogP contribution in [0.1, 0.15) is 5.56 Å². The lowest BCUT2D eigenvalue weighted by atomic mass is 10.2. The summed E-state index contributed by atoms with van der Waals surface area (Å²) in [6.45, 7) is 0.896. The molecule has 0 aliphatic rings. The summed E-state index contributed by atoms with van der Waals surface area (Å²) in [6, 6.07) is 23.9. The Labute approximate surface area is 236 Å². The maximum absolute atomic E-state index is 13.8. The van der Waals surface area contributed by atoms with Gasteiger partial charge in [-0.25, -0.2) is 19.3 Å². The number of fused-ring (bicyclic) bond motifs is 1. The van der Waals surface area contributed by atoms with Gasteiger partial charge in [0.1, 0.15) is 23.3 Å². The number of anilines is 1. The Kier molecular flexibility index (Phi) is 8.95. The van der Waals surface area contributed by atoms with Gasteiger partial charge in [0.05, 0.1) is 11.4 Å². The first kappa shape index (κ1) is 28.1. The molecule has 0 aliphatic carbocycles. The van der Waals surface area contributed by atoms with E-state index in [0.717, 1.165) is 5.56 Å². The van der Waals surface area contributed by atoms with Gasteiger partial charge in [0.15, 0.2) is 11.5 Å². The van der Waals surface area contributed by atoms with Crippen LogP contribution < -0.4 is 26.8 Å². The largest absolute Gasteiger partial charge is 0.457 e. The average Bonchev–Trinajstić information content (AvgIpc) is 3.26. The van der Waals surface area contributed by atoms with Crippen molar-refractivity contribution in [1.82, 2.24) is 29.7 Å². The molecule has 0 unspecified atom stereocenters. The molecule has 40 heavy (non-hydrogen) atoms. The minimum absolute atomic E-state index is 0. The van der Waals surface area contributed by atoms with Gasteiger partial charge >= 0.3 is 5.69 Å². The molecule has 5 aromatic rings. The molecular weight excluding hydrogens is 530 g/mol. The number of rotatable bonds is 9. The highest BCUT2D eigenvalue weighted by Gasteiger charge is 2.20. The first-order valence-electron chi connectivity index (χ1n) is 12.3. The molecule has 0 spiro atoms. The lowest BCUT2D eigenvalue weighted by molar-refractivity contribution is -0.116. The lowest BCUT2D eigenvalue weighted by Gasteiger charge is -2.08. The van der Waals surface area contributed by atoms with E-state index < -0.39 is 0 Å². The number of hydrogen-bond donors (Lipinski definition) is 3. The van der Waals surface area contributed by atoms with Crippen LogP contribution in [0.2, 0.25) is 0 Å². The quantitative estimate of drug-likeness (QED) is 0.235. The molecule has 204 valence electrons. The van der Waals surface area contributed by atoms with Gasteiger partial charge in [0.2, 0.25) is 5.91 Å². The first-order valence-corrected chi connectivity index (χ1v) is 12.3. The van der Waals surface area contributed by atoms with Crippen LogP contribution in [0, 0.1) is 0 Å². The van der Waals surface area contributed by atoms with Gasteiger partial charge in [-0.1, -0.05) is 36.4 Å². The molecule has 3 aromatic carbocycles. The number of para-hydroxylation sites is 1. The number of nitrogen functional groups attached to an aromatic ring is 1. The van der Waals surface area contributed by atoms with Crippen LogP contribution in [-0.4, -0.2) is 38.6 Å². The molecular formula is C29H28ClN7O3. The predicted octanol–water partition coefficient (Wildman–Crippen LogP) is 3.76. The van der Waals surface area contributed by atoms with Gasteiger partial charge in [-0.15, -0.1) is 12.4 Å². The Hall–Kier alpha value is -4.93. The molecule has 2 aromatic heterocycles. The zero-order valence-electron chi connectivity index (χ0n) is 21.7. The molecule has 10 nitrogen and oxygen atoms in total. The van der Waals surface area contributed by atoms with E-state index in [1.807, 2.05) is 48.5 Å². The Balaban J connectivity index is 0.00000370. The number of hydrogen-bond acceptors (Lipinski definition) is 7. The molecule has 2 heterocycles. The molecule has 5 rings (SSSR count). The molecule has 0 saturated heterocycles. The van der Waals surface area contributed by atoms with E-state index in [4.69, 9.17) is 10.5 Å². The molecule has 0 radical (unpaired) electrons. The fourth-order valence-electron chi connectivity index (χ4n) is 4.14. The summed E-state index contributed by atoms with van der Waals surface area (Å²) in [4.78, 5) is 34.4. The summed E-state index contributed by atoms with van der Waals surface area (Å²) in [6.07, 6.45) is 4.55. The number of imidazole rings is 1. The molecule has 0 saturated carbocycles. The van der Waals surface area contributed by atoms with Crippen molar-refractivity contribution in [3.8, 4) is 22.9 Å². The Bertz CT molecular complexity index is 1700. The van der Waals surface area contributed by atoms with Crippen molar-refractivity contribution in [2.75, 3.05) is 19.3 Å². The number of carbonyl (C=O) groups excluding carboxylic acids is 1. The van der Waals surface area contributed by atoms with Gasteiger partial charge < -0.3 is 21.1 Å². The first-order chi connectivity index (χ1) is 19.0. The molecule has 4 N–H and O–H groups in total. The second-order valence-corrected chi connectivity index (χ2v) is 8.64. The van der Waals surface area contributed by atoms with Crippen LogP contribution in [-0.2, 0) is 11.3 Å². The number of halogens is 1. The van der Waals surface area contributed by atoms with E-state index in [1.165, 1.54) is 21.5 Å². The molecule has 0 bridgehead atoms. The third-order valence-corrected chi connectivity index (χ3v) is 5.95. The average molecular weight is 558 g/mol. The highest BCUT2D eigenvalue weighted by molar-refractivity contribution is 5.87. The highest BCUT2D eigenvalue weighted by atomic mass is 35.5.